The Balaban J connectivity index is 2.62. The highest BCUT2D eigenvalue weighted by atomic mass is 32.1. The van der Waals surface area contributed by atoms with Crippen LogP contribution in [0.4, 0.5) is 0 Å². The molecule has 0 amide bonds. The molecule has 0 aromatic heterocycles. The second-order valence-corrected chi connectivity index (χ2v) is 1.35. The molecule has 2 nitrogen and oxygen atoms in total. The highest BCUT2D eigenvalue weighted by Crippen LogP contribution is 1.67. The van der Waals surface area contributed by atoms with Crippen LogP contribution in [-0.4, -0.2) is 25.2 Å². The molecule has 0 saturated carbocycles. The number of nitrogens with one attached hydrogen (secondary N) is 1. The molecule has 2 radical (unpaired) electrons. The maximum atomic E-state index is 4.88. The van der Waals surface area contributed by atoms with Crippen LogP contribution in [0.5, 0.6) is 0 Å². The van der Waals surface area contributed by atoms with Crippen LogP contribution in [0.15, 0.2) is 0 Å². The maximum Gasteiger partial charge on any atom is 0.134 e. The minimum atomic E-state index is 0.513. The van der Waals surface area contributed by atoms with Crippen LogP contribution in [0.25, 0.3) is 0 Å². The van der Waals surface area contributed by atoms with E-state index in [9.17, 15) is 0 Å². The van der Waals surface area contributed by atoms with Gasteiger partial charge in [-0.1, -0.05) is 12.2 Å². The summed E-state index contributed by atoms with van der Waals surface area (Å²) in [5.74, 6) is 0. The summed E-state index contributed by atoms with van der Waals surface area (Å²) < 4.78 is 4.88. The first kappa shape index (κ1) is 7.85. The van der Waals surface area contributed by atoms with Crippen LogP contribution in [0, 0.1) is 6.92 Å². The van der Waals surface area contributed by atoms with E-state index in [4.69, 9.17) is 4.74 Å². The van der Waals surface area contributed by atoms with Gasteiger partial charge in [0.15, 0.2) is 0 Å². The van der Waals surface area contributed by atoms with Crippen molar-refractivity contribution in [2.45, 2.75) is 0 Å². The number of thiocarbonyl (C=S) groups is 1. The molecule has 0 aromatic carbocycles. The van der Waals surface area contributed by atoms with Crippen molar-refractivity contribution < 1.29 is 4.74 Å². The number of hydrogen-bond acceptors (Lipinski definition) is 2. The molecule has 0 aliphatic heterocycles. The highest BCUT2D eigenvalue weighted by molar-refractivity contribution is 7.78. The first-order chi connectivity index (χ1) is 3.91. The van der Waals surface area contributed by atoms with Gasteiger partial charge in [0.2, 0.25) is 0 Å². The van der Waals surface area contributed by atoms with E-state index in [0.29, 0.717) is 13.2 Å². The fourth-order valence-corrected chi connectivity index (χ4v) is 0.378. The van der Waals surface area contributed by atoms with Gasteiger partial charge in [0, 0.05) is 13.2 Å². The molecule has 0 unspecified atom stereocenters. The van der Waals surface area contributed by atoms with Crippen molar-refractivity contribution in [2.24, 2.45) is 0 Å². The fraction of sp³-hybridized carbons (Fsp3) is 0.600. The average Bonchev–Trinajstić information content (AvgIpc) is 1.81. The average molecular weight is 131 g/mol. The van der Waals surface area contributed by atoms with Crippen molar-refractivity contribution in [2.75, 3.05) is 19.8 Å². The third-order valence-electron chi connectivity index (χ3n) is 0.588. The molecule has 0 bridgehead atoms. The molecular formula is C5H9NOS. The molecule has 0 heterocycles. The minimum absolute atomic E-state index is 0.513. The van der Waals surface area contributed by atoms with Gasteiger partial charge in [-0.05, 0) is 6.92 Å². The summed E-state index contributed by atoms with van der Waals surface area (Å²) in [6.45, 7) is 5.37. The lowest BCUT2D eigenvalue weighted by atomic mass is 10.7. The predicted octanol–water partition coefficient (Wildman–Crippen LogP) is 0.261. The van der Waals surface area contributed by atoms with E-state index in [-0.39, 0.29) is 0 Å². The van der Waals surface area contributed by atoms with Crippen molar-refractivity contribution in [3.8, 4) is 0 Å². The molecule has 0 fully saturated rings. The molecule has 0 atom stereocenters. The van der Waals surface area contributed by atoms with E-state index < -0.39 is 0 Å². The Morgan fingerprint density at radius 2 is 2.50 bits per heavy atom. The van der Waals surface area contributed by atoms with E-state index in [0.717, 1.165) is 6.54 Å². The zero-order chi connectivity index (χ0) is 6.24. The maximum absolute atomic E-state index is 4.88. The van der Waals surface area contributed by atoms with Gasteiger partial charge in [-0.15, -0.1) is 0 Å². The van der Waals surface area contributed by atoms with E-state index in [2.05, 4.69) is 29.9 Å². The number of ether oxygens (including phenoxy) is 1. The quantitative estimate of drug-likeness (QED) is 0.328. The smallest absolute Gasteiger partial charge is 0.134 e. The summed E-state index contributed by atoms with van der Waals surface area (Å²) in [5.41, 5.74) is 2.36. The first-order valence-electron chi connectivity index (χ1n) is 2.39. The molecule has 0 rings (SSSR count). The number of rotatable bonds is 5. The molecular weight excluding hydrogens is 122 g/mol. The normalized spacial score (nSPS) is 8.62. The lowest BCUT2D eigenvalue weighted by Gasteiger charge is -1.97. The van der Waals surface area contributed by atoms with Crippen LogP contribution < -0.4 is 5.32 Å². The van der Waals surface area contributed by atoms with Crippen LogP contribution >= 0.6 is 12.2 Å². The van der Waals surface area contributed by atoms with Gasteiger partial charge in [-0.25, -0.2) is 0 Å². The van der Waals surface area contributed by atoms with Crippen LogP contribution in [0.3, 0.4) is 0 Å². The molecule has 0 aromatic rings. The molecule has 1 N–H and O–H groups in total. The van der Waals surface area contributed by atoms with Crippen molar-refractivity contribution in [1.29, 1.82) is 0 Å². The van der Waals surface area contributed by atoms with E-state index in [1.54, 1.807) is 0 Å². The van der Waals surface area contributed by atoms with Crippen LogP contribution in [0.1, 0.15) is 0 Å². The van der Waals surface area contributed by atoms with Gasteiger partial charge in [-0.2, -0.15) is 0 Å². The molecule has 0 saturated heterocycles. The summed E-state index contributed by atoms with van der Waals surface area (Å²) in [6, 6.07) is 0. The first-order valence-corrected chi connectivity index (χ1v) is 2.79. The van der Waals surface area contributed by atoms with Crippen molar-refractivity contribution in [1.82, 2.24) is 5.32 Å². The predicted molar refractivity (Wildman–Crippen MR) is 36.8 cm³/mol. The van der Waals surface area contributed by atoms with E-state index in [1.807, 2.05) is 0 Å². The van der Waals surface area contributed by atoms with Gasteiger partial charge in [-0.3, -0.25) is 0 Å². The second-order valence-electron chi connectivity index (χ2n) is 1.14. The van der Waals surface area contributed by atoms with Crippen LogP contribution in [-0.2, 0) is 4.74 Å². The molecule has 0 aliphatic carbocycles. The molecule has 0 spiro atoms. The Morgan fingerprint density at radius 3 is 3.00 bits per heavy atom. The monoisotopic (exact) mass is 131 g/mol. The van der Waals surface area contributed by atoms with E-state index in [1.165, 1.54) is 0 Å². The Labute approximate surface area is 55.2 Å². The molecule has 3 heteroatoms. The Kier molecular flexibility index (Phi) is 6.72. The standard InChI is InChI=1S/C5H9NOS/c1-2-7-4-3-6-5-8/h1-4H2,(H,6,8). The Morgan fingerprint density at radius 1 is 1.75 bits per heavy atom. The minimum Gasteiger partial charge on any atom is -0.380 e. The van der Waals surface area contributed by atoms with E-state index >= 15 is 0 Å². The van der Waals surface area contributed by atoms with Gasteiger partial charge in [0.05, 0.1) is 6.61 Å². The second kappa shape index (κ2) is 6.85. The van der Waals surface area contributed by atoms with Gasteiger partial charge >= 0.3 is 0 Å². The topological polar surface area (TPSA) is 21.3 Å². The van der Waals surface area contributed by atoms with Crippen molar-refractivity contribution >= 4 is 17.7 Å². The zero-order valence-electron chi connectivity index (χ0n) is 4.64. The third-order valence-corrected chi connectivity index (χ3v) is 0.732. The van der Waals surface area contributed by atoms with Gasteiger partial charge in [0.1, 0.15) is 5.49 Å². The summed E-state index contributed by atoms with van der Waals surface area (Å²) in [7, 11) is 0. The SMILES string of the molecule is [CH2]COCCN[C]=S. The van der Waals surface area contributed by atoms with Gasteiger partial charge < -0.3 is 10.1 Å². The fourth-order valence-electron chi connectivity index (χ4n) is 0.276. The summed E-state index contributed by atoms with van der Waals surface area (Å²) in [5, 5.41) is 2.70. The highest BCUT2D eigenvalue weighted by Gasteiger charge is 1.79. The summed E-state index contributed by atoms with van der Waals surface area (Å²) >= 11 is 4.37. The zero-order valence-corrected chi connectivity index (χ0v) is 5.46. The van der Waals surface area contributed by atoms with Crippen molar-refractivity contribution in [3.63, 3.8) is 0 Å². The number of hydrogen-bond donors (Lipinski definition) is 1. The summed E-state index contributed by atoms with van der Waals surface area (Å²) in [4.78, 5) is 0. The molecule has 0 aliphatic rings. The Bertz CT molecular complexity index is 58.4. The molecule has 8 heavy (non-hydrogen) atoms. The van der Waals surface area contributed by atoms with Crippen molar-refractivity contribution in [3.05, 3.63) is 6.92 Å². The molecule has 46 valence electrons. The lowest BCUT2D eigenvalue weighted by molar-refractivity contribution is 0.166. The summed E-state index contributed by atoms with van der Waals surface area (Å²) in [6.07, 6.45) is 0. The van der Waals surface area contributed by atoms with Gasteiger partial charge in [0.25, 0.3) is 0 Å². The third kappa shape index (κ3) is 5.85. The Hall–Kier alpha value is -0.150. The lowest BCUT2D eigenvalue weighted by Crippen LogP contribution is -2.16. The largest absolute Gasteiger partial charge is 0.380 e. The van der Waals surface area contributed by atoms with Crippen LogP contribution in [0.2, 0.25) is 0 Å².